The Morgan fingerprint density at radius 2 is 0.714 bits per heavy atom. The third kappa shape index (κ3) is 9.70. The van der Waals surface area contributed by atoms with Crippen molar-refractivity contribution < 1.29 is 28.0 Å². The molecule has 14 heavy (non-hydrogen) atoms. The SMILES string of the molecule is CC[N+](CC)(CC)CC.F.F.F.F.[F-]. The molecule has 0 unspecified atom stereocenters. The van der Waals surface area contributed by atoms with E-state index >= 15 is 0 Å². The molecule has 0 N–H and O–H groups in total. The van der Waals surface area contributed by atoms with Gasteiger partial charge in [-0.3, -0.25) is 18.8 Å². The molecular formula is C8H24F5N. The van der Waals surface area contributed by atoms with Gasteiger partial charge in [-0.25, -0.2) is 0 Å². The number of hydrogen-bond donors (Lipinski definition) is 0. The summed E-state index contributed by atoms with van der Waals surface area (Å²) in [6, 6.07) is 0. The van der Waals surface area contributed by atoms with Crippen LogP contribution in [-0.2, 0) is 0 Å². The van der Waals surface area contributed by atoms with E-state index in [1.165, 1.54) is 30.7 Å². The lowest BCUT2D eigenvalue weighted by atomic mass is 10.3. The molecule has 0 saturated carbocycles. The first-order valence-corrected chi connectivity index (χ1v) is 4.09. The Morgan fingerprint density at radius 3 is 0.714 bits per heavy atom. The average molecular weight is 229 g/mol. The van der Waals surface area contributed by atoms with Crippen molar-refractivity contribution in [1.82, 2.24) is 0 Å². The summed E-state index contributed by atoms with van der Waals surface area (Å²) in [5, 5.41) is 0. The van der Waals surface area contributed by atoms with Gasteiger partial charge in [-0.15, -0.1) is 0 Å². The molecule has 0 amide bonds. The standard InChI is InChI=1S/C8H20N.5FH/c1-5-9(6-2,7-3)8-4;;;;;/h5-8H2,1-4H3;5*1H/q+1;;;;;/p-1. The monoisotopic (exact) mass is 229 g/mol. The van der Waals surface area contributed by atoms with Crippen LogP contribution in [-0.4, -0.2) is 30.7 Å². The average Bonchev–Trinajstić information content (AvgIpc) is 1.95. The minimum absolute atomic E-state index is 0. The van der Waals surface area contributed by atoms with Crippen LogP contribution in [0.4, 0.5) is 18.8 Å². The van der Waals surface area contributed by atoms with Gasteiger partial charge in [-0.1, -0.05) is 0 Å². The number of quaternary nitrogens is 1. The van der Waals surface area contributed by atoms with Gasteiger partial charge in [0.25, 0.3) is 0 Å². The molecule has 0 spiro atoms. The first-order valence-electron chi connectivity index (χ1n) is 4.09. The van der Waals surface area contributed by atoms with Crippen molar-refractivity contribution in [3.05, 3.63) is 0 Å². The molecular weight excluding hydrogens is 205 g/mol. The van der Waals surface area contributed by atoms with E-state index in [-0.39, 0.29) is 23.5 Å². The van der Waals surface area contributed by atoms with Gasteiger partial charge in [0, 0.05) is 0 Å². The summed E-state index contributed by atoms with van der Waals surface area (Å²) in [5.74, 6) is 0. The van der Waals surface area contributed by atoms with Gasteiger partial charge in [0.05, 0.1) is 26.2 Å². The number of halogens is 5. The lowest BCUT2D eigenvalue weighted by Gasteiger charge is -2.34. The fourth-order valence-corrected chi connectivity index (χ4v) is 1.34. The molecule has 1 nitrogen and oxygen atoms in total. The van der Waals surface area contributed by atoms with Crippen molar-refractivity contribution >= 4 is 0 Å². The van der Waals surface area contributed by atoms with Gasteiger partial charge in [0.15, 0.2) is 0 Å². The summed E-state index contributed by atoms with van der Waals surface area (Å²) in [7, 11) is 0. The van der Waals surface area contributed by atoms with E-state index in [0.29, 0.717) is 0 Å². The van der Waals surface area contributed by atoms with Crippen LogP contribution < -0.4 is 4.70 Å². The fraction of sp³-hybridized carbons (Fsp3) is 1.00. The maximum Gasteiger partial charge on any atom is 0.0757 e. The number of nitrogens with zero attached hydrogens (tertiary/aromatic N) is 1. The Morgan fingerprint density at radius 1 is 0.571 bits per heavy atom. The first-order chi connectivity index (χ1) is 4.24. The van der Waals surface area contributed by atoms with Crippen molar-refractivity contribution in [2.75, 3.05) is 26.2 Å². The molecule has 6 heteroatoms. The van der Waals surface area contributed by atoms with Crippen LogP contribution in [0, 0.1) is 0 Å². The summed E-state index contributed by atoms with van der Waals surface area (Å²) in [4.78, 5) is 0. The van der Waals surface area contributed by atoms with Crippen LogP contribution in [0.5, 0.6) is 0 Å². The maximum absolute atomic E-state index is 2.27. The summed E-state index contributed by atoms with van der Waals surface area (Å²) in [5.41, 5.74) is 0. The van der Waals surface area contributed by atoms with Gasteiger partial charge in [0.1, 0.15) is 0 Å². The van der Waals surface area contributed by atoms with Gasteiger partial charge in [-0.2, -0.15) is 0 Å². The molecule has 0 rings (SSSR count). The second-order valence-electron chi connectivity index (χ2n) is 2.61. The largest absolute Gasteiger partial charge is 1.00 e. The number of hydrogen-bond acceptors (Lipinski definition) is 0. The molecule has 0 aromatic carbocycles. The van der Waals surface area contributed by atoms with Crippen LogP contribution in [0.2, 0.25) is 0 Å². The Labute approximate surface area is 82.9 Å². The second-order valence-corrected chi connectivity index (χ2v) is 2.61. The van der Waals surface area contributed by atoms with Gasteiger partial charge in [0.2, 0.25) is 0 Å². The minimum Gasteiger partial charge on any atom is -1.00 e. The third-order valence-electron chi connectivity index (χ3n) is 2.68. The van der Waals surface area contributed by atoms with E-state index in [0.717, 1.165) is 0 Å². The van der Waals surface area contributed by atoms with Crippen LogP contribution in [0.15, 0.2) is 0 Å². The minimum atomic E-state index is 0. The van der Waals surface area contributed by atoms with Crippen LogP contribution in [0.1, 0.15) is 27.7 Å². The van der Waals surface area contributed by atoms with Crippen LogP contribution in [0.3, 0.4) is 0 Å². The van der Waals surface area contributed by atoms with Crippen LogP contribution >= 0.6 is 0 Å². The summed E-state index contributed by atoms with van der Waals surface area (Å²) >= 11 is 0. The van der Waals surface area contributed by atoms with Crippen molar-refractivity contribution in [2.24, 2.45) is 0 Å². The van der Waals surface area contributed by atoms with Gasteiger partial charge in [-0.05, 0) is 27.7 Å². The quantitative estimate of drug-likeness (QED) is 0.450. The van der Waals surface area contributed by atoms with E-state index in [9.17, 15) is 0 Å². The lowest BCUT2D eigenvalue weighted by molar-refractivity contribution is -0.921. The summed E-state index contributed by atoms with van der Waals surface area (Å²) in [6.07, 6.45) is 0. The molecule has 0 aromatic rings. The first kappa shape index (κ1) is 37.4. The zero-order chi connectivity index (χ0) is 7.33. The highest BCUT2D eigenvalue weighted by Gasteiger charge is 2.16. The van der Waals surface area contributed by atoms with Crippen molar-refractivity contribution in [3.8, 4) is 0 Å². The number of rotatable bonds is 4. The van der Waals surface area contributed by atoms with Crippen LogP contribution in [0.25, 0.3) is 0 Å². The Bertz CT molecular complexity index is 60.6. The predicted molar refractivity (Wildman–Crippen MR) is 52.4 cm³/mol. The second kappa shape index (κ2) is 18.4. The normalized spacial score (nSPS) is 7.71. The van der Waals surface area contributed by atoms with Crippen molar-refractivity contribution in [2.45, 2.75) is 27.7 Å². The topological polar surface area (TPSA) is 0 Å². The van der Waals surface area contributed by atoms with Crippen molar-refractivity contribution in [3.63, 3.8) is 0 Å². The summed E-state index contributed by atoms with van der Waals surface area (Å²) < 4.78 is 1.28. The Kier molecular flexibility index (Phi) is 49.1. The Balaban J connectivity index is -0.0000000320. The highest BCUT2D eigenvalue weighted by Crippen LogP contribution is 2.03. The zero-order valence-corrected chi connectivity index (χ0v) is 9.29. The molecule has 96 valence electrons. The van der Waals surface area contributed by atoms with E-state index in [2.05, 4.69) is 27.7 Å². The molecule has 0 aromatic heterocycles. The predicted octanol–water partition coefficient (Wildman–Crippen LogP) is -0.503. The molecule has 0 saturated heterocycles. The molecule has 0 fully saturated rings. The smallest absolute Gasteiger partial charge is 0.0757 e. The highest BCUT2D eigenvalue weighted by molar-refractivity contribution is 4.31. The fourth-order valence-electron chi connectivity index (χ4n) is 1.34. The molecule has 0 aliphatic rings. The molecule has 0 aliphatic carbocycles. The summed E-state index contributed by atoms with van der Waals surface area (Å²) in [6.45, 7) is 14.2. The van der Waals surface area contributed by atoms with E-state index < -0.39 is 0 Å². The van der Waals surface area contributed by atoms with Gasteiger partial charge >= 0.3 is 0 Å². The third-order valence-corrected chi connectivity index (χ3v) is 2.68. The molecule has 0 atom stereocenters. The molecule has 0 aliphatic heterocycles. The van der Waals surface area contributed by atoms with E-state index in [1.807, 2.05) is 0 Å². The van der Waals surface area contributed by atoms with Gasteiger partial charge < -0.3 is 9.19 Å². The Hall–Kier alpha value is -0.390. The molecule has 0 radical (unpaired) electrons. The van der Waals surface area contributed by atoms with E-state index in [1.54, 1.807) is 0 Å². The molecule has 0 heterocycles. The molecule has 0 bridgehead atoms. The van der Waals surface area contributed by atoms with Crippen molar-refractivity contribution in [1.29, 1.82) is 0 Å². The zero-order valence-electron chi connectivity index (χ0n) is 9.29. The highest BCUT2D eigenvalue weighted by atomic mass is 19.0. The lowest BCUT2D eigenvalue weighted by Crippen LogP contribution is -3.00. The maximum atomic E-state index is 2.27. The van der Waals surface area contributed by atoms with E-state index in [4.69, 9.17) is 0 Å².